The van der Waals surface area contributed by atoms with Gasteiger partial charge in [-0.25, -0.2) is 17.7 Å². The van der Waals surface area contributed by atoms with Crippen molar-refractivity contribution in [2.24, 2.45) is 5.92 Å². The molecule has 0 radical (unpaired) electrons. The maximum absolute atomic E-state index is 13.5. The van der Waals surface area contributed by atoms with Crippen LogP contribution in [0.3, 0.4) is 0 Å². The number of thiazole rings is 1. The largest absolute Gasteiger partial charge is 0.376 e. The van der Waals surface area contributed by atoms with Crippen LogP contribution in [0.25, 0.3) is 10.2 Å². The third-order valence-corrected chi connectivity index (χ3v) is 8.60. The van der Waals surface area contributed by atoms with Crippen molar-refractivity contribution in [1.82, 2.24) is 9.29 Å². The van der Waals surface area contributed by atoms with Crippen molar-refractivity contribution >= 4 is 42.6 Å². The van der Waals surface area contributed by atoms with Gasteiger partial charge in [0.15, 0.2) is 5.13 Å². The summed E-state index contributed by atoms with van der Waals surface area (Å²) in [7, 11) is -3.21. The molecule has 0 N–H and O–H groups in total. The Labute approximate surface area is 182 Å². The molecule has 2 fully saturated rings. The molecule has 2 aliphatic heterocycles. The Morgan fingerprint density at radius 2 is 2.00 bits per heavy atom. The van der Waals surface area contributed by atoms with Gasteiger partial charge in [-0.05, 0) is 56.7 Å². The summed E-state index contributed by atoms with van der Waals surface area (Å²) in [5, 5.41) is 0.713. The summed E-state index contributed by atoms with van der Waals surface area (Å²) in [5.74, 6) is -0.161. The molecule has 1 aromatic carbocycles. The molecule has 0 bridgehead atoms. The average Bonchev–Trinajstić information content (AvgIpc) is 3.38. The number of piperidine rings is 1. The molecule has 1 unspecified atom stereocenters. The Hall–Kier alpha value is -1.55. The van der Waals surface area contributed by atoms with Crippen LogP contribution in [0.1, 0.15) is 36.8 Å². The normalized spacial score (nSPS) is 21.4. The smallest absolute Gasteiger partial charge is 0.232 e. The molecular formula is C21H29N3O4S2. The predicted molar refractivity (Wildman–Crippen MR) is 120 cm³/mol. The number of aromatic nitrogens is 1. The van der Waals surface area contributed by atoms with Gasteiger partial charge < -0.3 is 4.74 Å². The molecule has 30 heavy (non-hydrogen) atoms. The van der Waals surface area contributed by atoms with E-state index in [0.717, 1.165) is 35.2 Å². The van der Waals surface area contributed by atoms with Gasteiger partial charge in [0, 0.05) is 25.6 Å². The number of ether oxygens (including phenoxy) is 1. The van der Waals surface area contributed by atoms with E-state index >= 15 is 0 Å². The van der Waals surface area contributed by atoms with E-state index in [2.05, 4.69) is 26.0 Å². The number of carbonyl (C=O) groups excluding carboxylic acids is 1. The van der Waals surface area contributed by atoms with Crippen LogP contribution >= 0.6 is 11.3 Å². The van der Waals surface area contributed by atoms with Crippen molar-refractivity contribution in [2.75, 3.05) is 37.4 Å². The lowest BCUT2D eigenvalue weighted by Crippen LogP contribution is -2.46. The van der Waals surface area contributed by atoms with Crippen LogP contribution in [0.2, 0.25) is 0 Å². The summed E-state index contributed by atoms with van der Waals surface area (Å²) in [6, 6.07) is 4.16. The molecule has 0 saturated carbocycles. The predicted octanol–water partition coefficient (Wildman–Crippen LogP) is 3.10. The van der Waals surface area contributed by atoms with Crippen LogP contribution < -0.4 is 4.90 Å². The molecule has 2 aliphatic rings. The summed E-state index contributed by atoms with van der Waals surface area (Å²) in [4.78, 5) is 20.2. The molecule has 1 aromatic heterocycles. The number of nitrogens with zero attached hydrogens (tertiary/aromatic N) is 3. The summed E-state index contributed by atoms with van der Waals surface area (Å²) in [5.41, 5.74) is 3.28. The number of hydrogen-bond donors (Lipinski definition) is 0. The van der Waals surface area contributed by atoms with E-state index in [0.29, 0.717) is 37.6 Å². The van der Waals surface area contributed by atoms with E-state index in [4.69, 9.17) is 9.72 Å². The molecule has 2 saturated heterocycles. The van der Waals surface area contributed by atoms with Gasteiger partial charge in [-0.2, -0.15) is 0 Å². The van der Waals surface area contributed by atoms with Crippen molar-refractivity contribution in [3.8, 4) is 0 Å². The first-order valence-electron chi connectivity index (χ1n) is 10.5. The molecule has 9 heteroatoms. The number of carbonyl (C=O) groups is 1. The van der Waals surface area contributed by atoms with E-state index < -0.39 is 10.0 Å². The third-order valence-electron chi connectivity index (χ3n) is 6.25. The highest BCUT2D eigenvalue weighted by atomic mass is 32.2. The van der Waals surface area contributed by atoms with Gasteiger partial charge >= 0.3 is 0 Å². The second kappa shape index (κ2) is 8.53. The fraction of sp³-hybridized carbons (Fsp3) is 0.619. The summed E-state index contributed by atoms with van der Waals surface area (Å²) in [6.45, 7) is 6.15. The number of sulfonamides is 1. The summed E-state index contributed by atoms with van der Waals surface area (Å²) < 4.78 is 32.0. The maximum atomic E-state index is 13.5. The molecule has 3 heterocycles. The fourth-order valence-electron chi connectivity index (χ4n) is 4.24. The van der Waals surface area contributed by atoms with E-state index in [1.807, 2.05) is 0 Å². The minimum Gasteiger partial charge on any atom is -0.376 e. The lowest BCUT2D eigenvalue weighted by molar-refractivity contribution is -0.123. The van der Waals surface area contributed by atoms with E-state index in [-0.39, 0.29) is 17.9 Å². The average molecular weight is 452 g/mol. The first-order valence-corrected chi connectivity index (χ1v) is 13.2. The number of anilines is 1. The van der Waals surface area contributed by atoms with Crippen LogP contribution in [0, 0.1) is 19.8 Å². The fourth-order valence-corrected chi connectivity index (χ4v) is 6.15. The summed E-state index contributed by atoms with van der Waals surface area (Å²) >= 11 is 1.54. The number of fused-ring (bicyclic) bond motifs is 1. The number of amides is 1. The SMILES string of the molecule is Cc1ccc2sc(N(CC3CCCO3)C(=O)C3CCN(S(C)(=O)=O)CC3)nc2c1C. The highest BCUT2D eigenvalue weighted by Gasteiger charge is 2.34. The second-order valence-corrected chi connectivity index (χ2v) is 11.4. The molecular weight excluding hydrogens is 422 g/mol. The van der Waals surface area contributed by atoms with Gasteiger partial charge in [0.1, 0.15) is 0 Å². The molecule has 0 aliphatic carbocycles. The zero-order valence-electron chi connectivity index (χ0n) is 17.8. The first-order chi connectivity index (χ1) is 14.2. The van der Waals surface area contributed by atoms with Gasteiger partial charge in [-0.15, -0.1) is 0 Å². The van der Waals surface area contributed by atoms with E-state index in [1.165, 1.54) is 16.1 Å². The number of aryl methyl sites for hydroxylation is 2. The topological polar surface area (TPSA) is 79.8 Å². The van der Waals surface area contributed by atoms with Crippen molar-refractivity contribution in [3.63, 3.8) is 0 Å². The lowest BCUT2D eigenvalue weighted by Gasteiger charge is -2.33. The van der Waals surface area contributed by atoms with Crippen LogP contribution in [-0.4, -0.2) is 62.2 Å². The lowest BCUT2D eigenvalue weighted by atomic mass is 9.96. The van der Waals surface area contributed by atoms with Gasteiger partial charge in [-0.3, -0.25) is 9.69 Å². The molecule has 7 nitrogen and oxygen atoms in total. The Balaban J connectivity index is 1.60. The molecule has 1 atom stereocenters. The van der Waals surface area contributed by atoms with Gasteiger partial charge in [0.25, 0.3) is 0 Å². The quantitative estimate of drug-likeness (QED) is 0.698. The van der Waals surface area contributed by atoms with Crippen molar-refractivity contribution < 1.29 is 17.9 Å². The number of benzene rings is 1. The molecule has 4 rings (SSSR count). The maximum Gasteiger partial charge on any atom is 0.232 e. The van der Waals surface area contributed by atoms with Crippen LogP contribution in [0.5, 0.6) is 0 Å². The zero-order chi connectivity index (χ0) is 21.5. The highest BCUT2D eigenvalue weighted by molar-refractivity contribution is 7.88. The highest BCUT2D eigenvalue weighted by Crippen LogP contribution is 2.34. The van der Waals surface area contributed by atoms with Crippen molar-refractivity contribution in [2.45, 2.75) is 45.6 Å². The molecule has 1 amide bonds. The number of hydrogen-bond acceptors (Lipinski definition) is 6. The monoisotopic (exact) mass is 451 g/mol. The molecule has 0 spiro atoms. The van der Waals surface area contributed by atoms with Crippen molar-refractivity contribution in [3.05, 3.63) is 23.3 Å². The molecule has 2 aromatic rings. The standard InChI is InChI=1S/C21H29N3O4S2/c1-14-6-7-18-19(15(14)2)22-21(29-18)24(13-17-5-4-12-28-17)20(25)16-8-10-23(11-9-16)30(3,26)27/h6-7,16-17H,4-5,8-13H2,1-3H3. The minimum absolute atomic E-state index is 0.0277. The van der Waals surface area contributed by atoms with Gasteiger partial charge in [0.05, 0.1) is 29.1 Å². The summed E-state index contributed by atoms with van der Waals surface area (Å²) in [6.07, 6.45) is 4.29. The van der Waals surface area contributed by atoms with Gasteiger partial charge in [-0.1, -0.05) is 17.4 Å². The van der Waals surface area contributed by atoms with Gasteiger partial charge in [0.2, 0.25) is 15.9 Å². The number of rotatable bonds is 5. The van der Waals surface area contributed by atoms with Crippen LogP contribution in [-0.2, 0) is 19.6 Å². The van der Waals surface area contributed by atoms with Crippen LogP contribution in [0.4, 0.5) is 5.13 Å². The first kappa shape index (κ1) is 21.7. The van der Waals surface area contributed by atoms with Crippen LogP contribution in [0.15, 0.2) is 12.1 Å². The molecule has 164 valence electrons. The Morgan fingerprint density at radius 3 is 2.63 bits per heavy atom. The second-order valence-electron chi connectivity index (χ2n) is 8.37. The van der Waals surface area contributed by atoms with E-state index in [9.17, 15) is 13.2 Å². The Kier molecular flexibility index (Phi) is 6.16. The zero-order valence-corrected chi connectivity index (χ0v) is 19.4. The third kappa shape index (κ3) is 4.39. The Morgan fingerprint density at radius 1 is 1.27 bits per heavy atom. The van der Waals surface area contributed by atoms with E-state index in [1.54, 1.807) is 16.2 Å². The Bertz CT molecular complexity index is 1040. The minimum atomic E-state index is -3.21. The van der Waals surface area contributed by atoms with Crippen molar-refractivity contribution in [1.29, 1.82) is 0 Å².